The minimum Gasteiger partial charge on any atom is -0.493 e. The molecule has 2 aromatic carbocycles. The molecule has 0 fully saturated rings. The number of carbonyl (C=O) groups excluding carboxylic acids is 2. The summed E-state index contributed by atoms with van der Waals surface area (Å²) in [6.45, 7) is 3.89. The Morgan fingerprint density at radius 3 is 2.57 bits per heavy atom. The van der Waals surface area contributed by atoms with Crippen molar-refractivity contribution in [2.75, 3.05) is 19.0 Å². The van der Waals surface area contributed by atoms with Crippen molar-refractivity contribution in [3.63, 3.8) is 0 Å². The molecule has 0 unspecified atom stereocenters. The van der Waals surface area contributed by atoms with Crippen LogP contribution >= 0.6 is 0 Å². The summed E-state index contributed by atoms with van der Waals surface area (Å²) in [5.41, 5.74) is 0.454. The second-order valence-electron chi connectivity index (χ2n) is 6.28. The van der Waals surface area contributed by atoms with E-state index in [0.717, 1.165) is 24.6 Å². The van der Waals surface area contributed by atoms with Crippen LogP contribution in [0.3, 0.4) is 0 Å². The second-order valence-corrected chi connectivity index (χ2v) is 6.28. The number of halogens is 2. The Kier molecular flexibility index (Phi) is 8.34. The van der Waals surface area contributed by atoms with Crippen LogP contribution in [0.5, 0.6) is 11.5 Å². The minimum atomic E-state index is -1.19. The van der Waals surface area contributed by atoms with Gasteiger partial charge in [-0.3, -0.25) is 4.79 Å². The molecule has 0 saturated carbocycles. The third kappa shape index (κ3) is 6.58. The number of anilines is 1. The van der Waals surface area contributed by atoms with Crippen molar-refractivity contribution in [2.45, 2.75) is 26.4 Å². The van der Waals surface area contributed by atoms with Crippen molar-refractivity contribution in [3.8, 4) is 11.5 Å². The van der Waals surface area contributed by atoms with Gasteiger partial charge in [-0.05, 0) is 49.2 Å². The highest BCUT2D eigenvalue weighted by Crippen LogP contribution is 2.28. The van der Waals surface area contributed by atoms with Gasteiger partial charge < -0.3 is 19.5 Å². The van der Waals surface area contributed by atoms with Gasteiger partial charge in [-0.15, -0.1) is 0 Å². The molecule has 0 heterocycles. The fourth-order valence-corrected chi connectivity index (χ4v) is 2.38. The summed E-state index contributed by atoms with van der Waals surface area (Å²) in [6.07, 6.45) is 2.32. The van der Waals surface area contributed by atoms with Gasteiger partial charge in [0.05, 0.1) is 19.4 Å². The molecule has 0 radical (unpaired) electrons. The van der Waals surface area contributed by atoms with Gasteiger partial charge in [0.15, 0.2) is 17.6 Å². The van der Waals surface area contributed by atoms with E-state index < -0.39 is 29.6 Å². The number of carbonyl (C=O) groups is 2. The van der Waals surface area contributed by atoms with E-state index in [1.165, 1.54) is 20.1 Å². The predicted octanol–water partition coefficient (Wildman–Crippen LogP) is 4.35. The Morgan fingerprint density at radius 2 is 1.90 bits per heavy atom. The summed E-state index contributed by atoms with van der Waals surface area (Å²) in [6, 6.07) is 7.89. The summed E-state index contributed by atoms with van der Waals surface area (Å²) in [5.74, 6) is -2.09. The van der Waals surface area contributed by atoms with Gasteiger partial charge in [0.25, 0.3) is 5.91 Å². The van der Waals surface area contributed by atoms with Gasteiger partial charge in [0.2, 0.25) is 0 Å². The molecule has 8 heteroatoms. The molecule has 0 bridgehead atoms. The predicted molar refractivity (Wildman–Crippen MR) is 108 cm³/mol. The number of hydrogen-bond donors (Lipinski definition) is 1. The van der Waals surface area contributed by atoms with Gasteiger partial charge >= 0.3 is 5.97 Å². The van der Waals surface area contributed by atoms with E-state index in [1.807, 2.05) is 6.92 Å². The van der Waals surface area contributed by atoms with Crippen molar-refractivity contribution in [1.29, 1.82) is 0 Å². The Balaban J connectivity index is 1.95. The SMILES string of the molecule is CCCOc1ccc(/C=C/C(=O)O[C@H](C)C(=O)Nc2ccc(F)cc2F)cc1OC. The van der Waals surface area contributed by atoms with E-state index >= 15 is 0 Å². The highest BCUT2D eigenvalue weighted by Gasteiger charge is 2.18. The molecule has 0 aliphatic carbocycles. The minimum absolute atomic E-state index is 0.211. The van der Waals surface area contributed by atoms with Crippen LogP contribution in [-0.2, 0) is 14.3 Å². The number of rotatable bonds is 9. The quantitative estimate of drug-likeness (QED) is 0.483. The van der Waals surface area contributed by atoms with E-state index in [9.17, 15) is 18.4 Å². The van der Waals surface area contributed by atoms with Crippen molar-refractivity contribution < 1.29 is 32.6 Å². The smallest absolute Gasteiger partial charge is 0.331 e. The fraction of sp³-hybridized carbons (Fsp3) is 0.273. The van der Waals surface area contributed by atoms with Crippen molar-refractivity contribution in [3.05, 3.63) is 59.7 Å². The number of benzene rings is 2. The van der Waals surface area contributed by atoms with Crippen molar-refractivity contribution in [1.82, 2.24) is 0 Å². The Morgan fingerprint density at radius 1 is 1.13 bits per heavy atom. The van der Waals surface area contributed by atoms with Gasteiger partial charge in [0, 0.05) is 12.1 Å². The van der Waals surface area contributed by atoms with Crippen LogP contribution < -0.4 is 14.8 Å². The second kappa shape index (κ2) is 10.9. The molecule has 6 nitrogen and oxygen atoms in total. The van der Waals surface area contributed by atoms with Crippen LogP contribution in [0.2, 0.25) is 0 Å². The Labute approximate surface area is 173 Å². The van der Waals surface area contributed by atoms with E-state index in [4.69, 9.17) is 14.2 Å². The Hall–Kier alpha value is -3.42. The number of hydrogen-bond acceptors (Lipinski definition) is 5. The standard InChI is InChI=1S/C22H23F2NO5/c1-4-11-29-19-9-5-15(12-20(19)28-3)6-10-21(26)30-14(2)22(27)25-18-8-7-16(23)13-17(18)24/h5-10,12-14H,4,11H2,1-3H3,(H,25,27)/b10-6+/t14-/m1/s1. The first kappa shape index (κ1) is 22.9. The molecule has 0 aliphatic rings. The first-order valence-electron chi connectivity index (χ1n) is 9.29. The lowest BCUT2D eigenvalue weighted by molar-refractivity contribution is -0.148. The highest BCUT2D eigenvalue weighted by atomic mass is 19.1. The summed E-state index contributed by atoms with van der Waals surface area (Å²) in [7, 11) is 1.51. The average Bonchev–Trinajstić information content (AvgIpc) is 2.72. The lowest BCUT2D eigenvalue weighted by Gasteiger charge is -2.13. The van der Waals surface area contributed by atoms with Crippen LogP contribution in [-0.4, -0.2) is 31.7 Å². The van der Waals surface area contributed by atoms with Crippen LogP contribution in [0.15, 0.2) is 42.5 Å². The normalized spacial score (nSPS) is 11.8. The number of nitrogens with one attached hydrogen (secondary N) is 1. The highest BCUT2D eigenvalue weighted by molar-refractivity contribution is 5.96. The van der Waals surface area contributed by atoms with Crippen molar-refractivity contribution >= 4 is 23.6 Å². The molecular weight excluding hydrogens is 396 g/mol. The molecule has 2 aromatic rings. The van der Waals surface area contributed by atoms with Crippen molar-refractivity contribution in [2.24, 2.45) is 0 Å². The topological polar surface area (TPSA) is 73.9 Å². The molecule has 0 spiro atoms. The molecule has 2 rings (SSSR count). The maximum atomic E-state index is 13.6. The molecule has 1 amide bonds. The number of amides is 1. The average molecular weight is 419 g/mol. The van der Waals surface area contributed by atoms with Crippen LogP contribution in [0.1, 0.15) is 25.8 Å². The molecule has 30 heavy (non-hydrogen) atoms. The number of esters is 1. The number of methoxy groups -OCH3 is 1. The summed E-state index contributed by atoms with van der Waals surface area (Å²) in [4.78, 5) is 24.1. The largest absolute Gasteiger partial charge is 0.493 e. The molecule has 160 valence electrons. The lowest BCUT2D eigenvalue weighted by Crippen LogP contribution is -2.29. The zero-order valence-electron chi connectivity index (χ0n) is 16.9. The van der Waals surface area contributed by atoms with Crippen LogP contribution in [0.25, 0.3) is 6.08 Å². The zero-order valence-corrected chi connectivity index (χ0v) is 16.9. The van der Waals surface area contributed by atoms with E-state index in [0.29, 0.717) is 29.7 Å². The molecule has 1 atom stereocenters. The first-order valence-corrected chi connectivity index (χ1v) is 9.29. The third-order valence-corrected chi connectivity index (χ3v) is 3.91. The molecule has 1 N–H and O–H groups in total. The molecule has 0 aromatic heterocycles. The maximum Gasteiger partial charge on any atom is 0.331 e. The monoisotopic (exact) mass is 419 g/mol. The summed E-state index contributed by atoms with van der Waals surface area (Å²) in [5, 5.41) is 2.24. The maximum absolute atomic E-state index is 13.6. The van der Waals surface area contributed by atoms with E-state index in [2.05, 4.69) is 5.32 Å². The Bertz CT molecular complexity index is 930. The van der Waals surface area contributed by atoms with Gasteiger partial charge in [-0.2, -0.15) is 0 Å². The number of ether oxygens (including phenoxy) is 3. The first-order chi connectivity index (χ1) is 14.3. The molecular formula is C22H23F2NO5. The fourth-order valence-electron chi connectivity index (χ4n) is 2.38. The summed E-state index contributed by atoms with van der Waals surface area (Å²) < 4.78 is 42.4. The van der Waals surface area contributed by atoms with Gasteiger partial charge in [0.1, 0.15) is 11.6 Å². The summed E-state index contributed by atoms with van der Waals surface area (Å²) >= 11 is 0. The van der Waals surface area contributed by atoms with Gasteiger partial charge in [-0.25, -0.2) is 13.6 Å². The third-order valence-electron chi connectivity index (χ3n) is 3.91. The zero-order chi connectivity index (χ0) is 22.1. The van der Waals surface area contributed by atoms with Crippen LogP contribution in [0.4, 0.5) is 14.5 Å². The molecule has 0 saturated heterocycles. The molecule has 0 aliphatic heterocycles. The van der Waals surface area contributed by atoms with E-state index in [-0.39, 0.29) is 5.69 Å². The van der Waals surface area contributed by atoms with Crippen LogP contribution in [0, 0.1) is 11.6 Å². The van der Waals surface area contributed by atoms with Gasteiger partial charge in [-0.1, -0.05) is 13.0 Å². The lowest BCUT2D eigenvalue weighted by atomic mass is 10.2. The van der Waals surface area contributed by atoms with E-state index in [1.54, 1.807) is 18.2 Å².